The third-order valence-corrected chi connectivity index (χ3v) is 1.87. The number of aliphatic hydroxyl groups is 1. The van der Waals surface area contributed by atoms with E-state index in [4.69, 9.17) is 5.11 Å². The van der Waals surface area contributed by atoms with E-state index >= 15 is 0 Å². The van der Waals surface area contributed by atoms with Gasteiger partial charge in [-0.2, -0.15) is 0 Å². The Morgan fingerprint density at radius 1 is 1.67 bits per heavy atom. The zero-order chi connectivity index (χ0) is 7.11. The minimum Gasteiger partial charge on any atom is -0.392 e. The molecule has 1 nitrogen and oxygen atoms in total. The molecule has 0 aromatic heterocycles. The van der Waals surface area contributed by atoms with Gasteiger partial charge in [0.1, 0.15) is 0 Å². The van der Waals surface area contributed by atoms with Crippen molar-refractivity contribution in [3.63, 3.8) is 0 Å². The van der Waals surface area contributed by atoms with E-state index in [2.05, 4.69) is 22.5 Å². The van der Waals surface area contributed by atoms with Crippen LogP contribution in [-0.2, 0) is 0 Å². The quantitative estimate of drug-likeness (QED) is 0.402. The summed E-state index contributed by atoms with van der Waals surface area (Å²) in [7, 11) is 0. The second kappa shape index (κ2) is 6.30. The van der Waals surface area contributed by atoms with Gasteiger partial charge in [-0.05, 0) is 19.3 Å². The molecule has 1 atom stereocenters. The molecule has 0 unspecified atom stereocenters. The largest absolute Gasteiger partial charge is 0.392 e. The van der Waals surface area contributed by atoms with Gasteiger partial charge in [0.25, 0.3) is 0 Å². The first kappa shape index (κ1) is 9.18. The second-order valence-corrected chi connectivity index (χ2v) is 2.68. The molecular weight excluding hydrogens is 180 g/mol. The number of allylic oxidation sites excluding steroid dienone is 1. The van der Waals surface area contributed by atoms with Crippen molar-refractivity contribution >= 4 is 15.9 Å². The van der Waals surface area contributed by atoms with Gasteiger partial charge in [0.05, 0.1) is 6.10 Å². The van der Waals surface area contributed by atoms with Crippen molar-refractivity contribution in [3.05, 3.63) is 12.7 Å². The van der Waals surface area contributed by atoms with E-state index in [0.717, 1.165) is 19.3 Å². The number of hydrogen-bond donors (Lipinski definition) is 1. The summed E-state index contributed by atoms with van der Waals surface area (Å²) in [6.07, 6.45) is 4.61. The van der Waals surface area contributed by atoms with Crippen molar-refractivity contribution in [1.82, 2.24) is 0 Å². The number of aliphatic hydroxyl groups excluding tert-OH is 1. The molecule has 0 rings (SSSR count). The summed E-state index contributed by atoms with van der Waals surface area (Å²) in [6.45, 7) is 3.59. The van der Waals surface area contributed by atoms with Crippen LogP contribution >= 0.6 is 15.9 Å². The van der Waals surface area contributed by atoms with E-state index in [1.54, 1.807) is 0 Å². The van der Waals surface area contributed by atoms with Crippen LogP contribution in [0.3, 0.4) is 0 Å². The van der Waals surface area contributed by atoms with Crippen LogP contribution in [0.4, 0.5) is 0 Å². The minimum absolute atomic E-state index is 0.176. The second-order valence-electron chi connectivity index (χ2n) is 2.03. The first-order valence-corrected chi connectivity index (χ1v) is 4.28. The molecule has 9 heavy (non-hydrogen) atoms. The lowest BCUT2D eigenvalue weighted by atomic mass is 10.2. The smallest absolute Gasteiger partial charge is 0.0637 e. The number of unbranched alkanes of at least 4 members (excludes halogenated alkanes) is 1. The molecule has 0 aliphatic rings. The molecule has 1 N–H and O–H groups in total. The van der Waals surface area contributed by atoms with E-state index in [9.17, 15) is 0 Å². The van der Waals surface area contributed by atoms with Crippen LogP contribution in [0.2, 0.25) is 0 Å². The fourth-order valence-electron chi connectivity index (χ4n) is 0.575. The number of halogens is 1. The lowest BCUT2D eigenvalue weighted by Crippen LogP contribution is -2.06. The predicted octanol–water partition coefficient (Wildman–Crippen LogP) is 2.10. The first-order chi connectivity index (χ1) is 4.31. The first-order valence-electron chi connectivity index (χ1n) is 3.16. The molecule has 0 bridgehead atoms. The Kier molecular flexibility index (Phi) is 6.43. The Labute approximate surface area is 64.9 Å². The predicted molar refractivity (Wildman–Crippen MR) is 43.8 cm³/mol. The van der Waals surface area contributed by atoms with Gasteiger partial charge < -0.3 is 5.11 Å². The summed E-state index contributed by atoms with van der Waals surface area (Å²) < 4.78 is 0. The summed E-state index contributed by atoms with van der Waals surface area (Å²) in [5.41, 5.74) is 0. The molecule has 0 saturated carbocycles. The van der Waals surface area contributed by atoms with Crippen LogP contribution < -0.4 is 0 Å². The Balaban J connectivity index is 2.96. The van der Waals surface area contributed by atoms with Gasteiger partial charge in [-0.25, -0.2) is 0 Å². The molecule has 2 heteroatoms. The van der Waals surface area contributed by atoms with Crippen molar-refractivity contribution in [2.45, 2.75) is 25.4 Å². The molecule has 0 heterocycles. The molecule has 0 radical (unpaired) electrons. The van der Waals surface area contributed by atoms with Gasteiger partial charge in [0.15, 0.2) is 0 Å². The standard InChI is InChI=1S/C7H13BrO/c1-2-3-4-5-7(9)6-8/h2,7,9H,1,3-6H2/t7-/m0/s1. The Morgan fingerprint density at radius 2 is 2.33 bits per heavy atom. The number of hydrogen-bond acceptors (Lipinski definition) is 1. The molecular formula is C7H13BrO. The van der Waals surface area contributed by atoms with E-state index in [1.807, 2.05) is 6.08 Å². The van der Waals surface area contributed by atoms with Gasteiger partial charge in [-0.15, -0.1) is 6.58 Å². The maximum Gasteiger partial charge on any atom is 0.0637 e. The highest BCUT2D eigenvalue weighted by atomic mass is 79.9. The van der Waals surface area contributed by atoms with E-state index < -0.39 is 0 Å². The SMILES string of the molecule is C=CCCC[C@H](O)CBr. The van der Waals surface area contributed by atoms with Crippen molar-refractivity contribution in [2.75, 3.05) is 5.33 Å². The molecule has 0 aromatic carbocycles. The molecule has 0 aromatic rings. The van der Waals surface area contributed by atoms with Gasteiger partial charge >= 0.3 is 0 Å². The molecule has 0 aliphatic carbocycles. The molecule has 0 spiro atoms. The maximum absolute atomic E-state index is 9.00. The molecule has 0 amide bonds. The van der Waals surface area contributed by atoms with Crippen molar-refractivity contribution < 1.29 is 5.11 Å². The Hall–Kier alpha value is 0.180. The zero-order valence-corrected chi connectivity index (χ0v) is 7.10. The van der Waals surface area contributed by atoms with Crippen LogP contribution in [0, 0.1) is 0 Å². The molecule has 0 aliphatic heterocycles. The van der Waals surface area contributed by atoms with Gasteiger partial charge in [-0.3, -0.25) is 0 Å². The summed E-state index contributed by atoms with van der Waals surface area (Å²) in [5.74, 6) is 0. The highest BCUT2D eigenvalue weighted by Crippen LogP contribution is 2.02. The minimum atomic E-state index is -0.176. The topological polar surface area (TPSA) is 20.2 Å². The summed E-state index contributed by atoms with van der Waals surface area (Å²) in [5, 5.41) is 9.69. The maximum atomic E-state index is 9.00. The highest BCUT2D eigenvalue weighted by molar-refractivity contribution is 9.09. The van der Waals surface area contributed by atoms with Crippen LogP contribution in [0.1, 0.15) is 19.3 Å². The average molecular weight is 193 g/mol. The van der Waals surface area contributed by atoms with E-state index in [0.29, 0.717) is 5.33 Å². The van der Waals surface area contributed by atoms with Gasteiger partial charge in [-0.1, -0.05) is 22.0 Å². The van der Waals surface area contributed by atoms with Gasteiger partial charge in [0.2, 0.25) is 0 Å². The van der Waals surface area contributed by atoms with Crippen LogP contribution in [0.5, 0.6) is 0 Å². The van der Waals surface area contributed by atoms with Crippen molar-refractivity contribution in [2.24, 2.45) is 0 Å². The molecule has 54 valence electrons. The average Bonchev–Trinajstić information content (AvgIpc) is 1.89. The van der Waals surface area contributed by atoms with Crippen LogP contribution in [0.25, 0.3) is 0 Å². The fourth-order valence-corrected chi connectivity index (χ4v) is 0.899. The Morgan fingerprint density at radius 3 is 2.78 bits per heavy atom. The van der Waals surface area contributed by atoms with Crippen molar-refractivity contribution in [1.29, 1.82) is 0 Å². The number of rotatable bonds is 5. The summed E-state index contributed by atoms with van der Waals surface area (Å²) in [6, 6.07) is 0. The third kappa shape index (κ3) is 6.06. The molecule has 0 saturated heterocycles. The number of alkyl halides is 1. The summed E-state index contributed by atoms with van der Waals surface area (Å²) >= 11 is 3.19. The normalized spacial score (nSPS) is 13.1. The van der Waals surface area contributed by atoms with Gasteiger partial charge in [0, 0.05) is 5.33 Å². The van der Waals surface area contributed by atoms with E-state index in [-0.39, 0.29) is 6.10 Å². The zero-order valence-electron chi connectivity index (χ0n) is 5.52. The highest BCUT2D eigenvalue weighted by Gasteiger charge is 1.98. The monoisotopic (exact) mass is 192 g/mol. The lowest BCUT2D eigenvalue weighted by Gasteiger charge is -2.03. The van der Waals surface area contributed by atoms with E-state index in [1.165, 1.54) is 0 Å². The summed E-state index contributed by atoms with van der Waals surface area (Å²) in [4.78, 5) is 0. The molecule has 0 fully saturated rings. The van der Waals surface area contributed by atoms with Crippen LogP contribution in [-0.4, -0.2) is 16.5 Å². The Bertz CT molecular complexity index is 73.3. The lowest BCUT2D eigenvalue weighted by molar-refractivity contribution is 0.188. The van der Waals surface area contributed by atoms with Crippen LogP contribution in [0.15, 0.2) is 12.7 Å². The fraction of sp³-hybridized carbons (Fsp3) is 0.714. The third-order valence-electron chi connectivity index (χ3n) is 1.12. The van der Waals surface area contributed by atoms with Crippen molar-refractivity contribution in [3.8, 4) is 0 Å².